The van der Waals surface area contributed by atoms with Gasteiger partial charge < -0.3 is 19.7 Å². The average Bonchev–Trinajstić information content (AvgIpc) is 2.53. The predicted octanol–water partition coefficient (Wildman–Crippen LogP) is 2.97. The summed E-state index contributed by atoms with van der Waals surface area (Å²) in [6.45, 7) is 14.4. The third kappa shape index (κ3) is 26.3. The summed E-state index contributed by atoms with van der Waals surface area (Å²) in [5, 5.41) is 16.3. The van der Waals surface area contributed by atoms with Crippen molar-refractivity contribution in [3.63, 3.8) is 0 Å². The van der Waals surface area contributed by atoms with Crippen molar-refractivity contribution in [2.75, 3.05) is 13.2 Å². The van der Waals surface area contributed by atoms with Crippen molar-refractivity contribution in [3.8, 4) is 0 Å². The largest absolute Gasteiger partial charge is 0.481 e. The number of rotatable bonds is 9. The molecule has 0 rings (SSSR count). The van der Waals surface area contributed by atoms with Crippen molar-refractivity contribution in [1.82, 2.24) is 0 Å². The first-order valence-corrected chi connectivity index (χ1v) is 8.08. The molecule has 0 atom stereocenters. The maximum absolute atomic E-state index is 10.4. The number of hydrogen-bond donors (Lipinski definition) is 2. The van der Waals surface area contributed by atoms with E-state index in [1.807, 2.05) is 0 Å². The molecule has 26 heavy (non-hydrogen) atoms. The van der Waals surface area contributed by atoms with Gasteiger partial charge in [0.25, 0.3) is 0 Å². The molecule has 0 saturated heterocycles. The van der Waals surface area contributed by atoms with Crippen molar-refractivity contribution in [3.05, 3.63) is 24.3 Å². The van der Waals surface area contributed by atoms with E-state index in [1.54, 1.807) is 27.7 Å². The molecule has 8 nitrogen and oxygen atoms in total. The molecule has 0 aromatic carbocycles. The first-order valence-electron chi connectivity index (χ1n) is 8.08. The van der Waals surface area contributed by atoms with Crippen LogP contribution in [0.4, 0.5) is 0 Å². The van der Waals surface area contributed by atoms with Gasteiger partial charge in [0.15, 0.2) is 0 Å². The Morgan fingerprint density at radius 3 is 1.12 bits per heavy atom. The molecular weight excluding hydrogens is 344 g/mol. The molecule has 0 radical (unpaired) electrons. The van der Waals surface area contributed by atoms with E-state index < -0.39 is 11.9 Å². The van der Waals surface area contributed by atoms with Crippen molar-refractivity contribution >= 4 is 23.9 Å². The third-order valence-electron chi connectivity index (χ3n) is 2.28. The quantitative estimate of drug-likeness (QED) is 0.358. The lowest BCUT2D eigenvalue weighted by atomic mass is 10.2. The Hall–Kier alpha value is -2.64. The summed E-state index contributed by atoms with van der Waals surface area (Å²) in [5.41, 5.74) is 0.902. The number of carboxylic acids is 2. The van der Waals surface area contributed by atoms with E-state index in [-0.39, 0.29) is 24.8 Å². The van der Waals surface area contributed by atoms with E-state index in [2.05, 4.69) is 22.6 Å². The van der Waals surface area contributed by atoms with E-state index >= 15 is 0 Å². The summed E-state index contributed by atoms with van der Waals surface area (Å²) in [6, 6.07) is 0. The Morgan fingerprint density at radius 1 is 0.731 bits per heavy atom. The topological polar surface area (TPSA) is 127 Å². The van der Waals surface area contributed by atoms with Gasteiger partial charge >= 0.3 is 23.9 Å². The van der Waals surface area contributed by atoms with Crippen LogP contribution in [0.1, 0.15) is 53.4 Å². The second-order valence-corrected chi connectivity index (χ2v) is 5.00. The molecule has 0 aliphatic heterocycles. The first kappa shape index (κ1) is 28.2. The number of esters is 2. The SMILES string of the molecule is C=C(C)C(=O)OCC.C=C(C)C(=O)OCC.O=C(O)CCCCC(=O)O. The Kier molecular flexibility index (Phi) is 20.3. The van der Waals surface area contributed by atoms with Crippen molar-refractivity contribution in [2.24, 2.45) is 0 Å². The fraction of sp³-hybridized carbons (Fsp3) is 0.556. The number of unbranched alkanes of at least 4 members (excludes halogenated alkanes) is 1. The van der Waals surface area contributed by atoms with E-state index in [0.717, 1.165) is 0 Å². The summed E-state index contributed by atoms with van der Waals surface area (Å²) < 4.78 is 9.13. The fourth-order valence-corrected chi connectivity index (χ4v) is 1.06. The van der Waals surface area contributed by atoms with Crippen LogP contribution in [0.2, 0.25) is 0 Å². The van der Waals surface area contributed by atoms with Crippen LogP contribution in [0.5, 0.6) is 0 Å². The third-order valence-corrected chi connectivity index (χ3v) is 2.28. The number of carbonyl (C=O) groups is 4. The summed E-state index contributed by atoms with van der Waals surface area (Å²) in [7, 11) is 0. The number of ether oxygens (including phenoxy) is 2. The minimum Gasteiger partial charge on any atom is -0.481 e. The Balaban J connectivity index is -0.000000308. The molecule has 0 aliphatic rings. The average molecular weight is 374 g/mol. The molecule has 0 aromatic rings. The van der Waals surface area contributed by atoms with Crippen LogP contribution in [0, 0.1) is 0 Å². The molecule has 0 bridgehead atoms. The molecule has 8 heteroatoms. The molecule has 0 heterocycles. The van der Waals surface area contributed by atoms with Gasteiger partial charge in [-0.05, 0) is 40.5 Å². The summed E-state index contributed by atoms with van der Waals surface area (Å²) in [5.74, 6) is -2.37. The molecule has 0 saturated carbocycles. The van der Waals surface area contributed by atoms with Gasteiger partial charge in [-0.2, -0.15) is 0 Å². The first-order chi connectivity index (χ1) is 12.0. The zero-order valence-electron chi connectivity index (χ0n) is 16.0. The van der Waals surface area contributed by atoms with Crippen LogP contribution >= 0.6 is 0 Å². The van der Waals surface area contributed by atoms with Crippen LogP contribution in [0.3, 0.4) is 0 Å². The zero-order valence-corrected chi connectivity index (χ0v) is 16.0. The van der Waals surface area contributed by atoms with Crippen LogP contribution in [-0.2, 0) is 28.7 Å². The lowest BCUT2D eigenvalue weighted by Crippen LogP contribution is -2.03. The minimum absolute atomic E-state index is 0.0628. The maximum atomic E-state index is 10.4. The number of carboxylic acid groups (broad SMARTS) is 2. The number of carbonyl (C=O) groups excluding carboxylic acids is 2. The summed E-state index contributed by atoms with van der Waals surface area (Å²) >= 11 is 0. The van der Waals surface area contributed by atoms with E-state index in [9.17, 15) is 19.2 Å². The highest BCUT2D eigenvalue weighted by atomic mass is 16.5. The molecule has 0 fully saturated rings. The van der Waals surface area contributed by atoms with Gasteiger partial charge in [-0.25, -0.2) is 9.59 Å². The lowest BCUT2D eigenvalue weighted by Gasteiger charge is -1.96. The van der Waals surface area contributed by atoms with Gasteiger partial charge in [0, 0.05) is 24.0 Å². The summed E-state index contributed by atoms with van der Waals surface area (Å²) in [4.78, 5) is 40.6. The van der Waals surface area contributed by atoms with Gasteiger partial charge in [0.05, 0.1) is 13.2 Å². The second kappa shape index (κ2) is 18.7. The Bertz CT molecular complexity index is 436. The number of aliphatic carboxylic acids is 2. The molecule has 0 amide bonds. The van der Waals surface area contributed by atoms with Crippen LogP contribution in [0.25, 0.3) is 0 Å². The lowest BCUT2D eigenvalue weighted by molar-refractivity contribution is -0.139. The highest BCUT2D eigenvalue weighted by Crippen LogP contribution is 1.98. The maximum Gasteiger partial charge on any atom is 0.333 e. The predicted molar refractivity (Wildman–Crippen MR) is 96.6 cm³/mol. The Morgan fingerprint density at radius 2 is 1.00 bits per heavy atom. The van der Waals surface area contributed by atoms with Gasteiger partial charge in [0.2, 0.25) is 0 Å². The smallest absolute Gasteiger partial charge is 0.333 e. The minimum atomic E-state index is -0.870. The van der Waals surface area contributed by atoms with Crippen LogP contribution < -0.4 is 0 Å². The highest BCUT2D eigenvalue weighted by molar-refractivity contribution is 5.87. The van der Waals surface area contributed by atoms with E-state index in [0.29, 0.717) is 37.2 Å². The molecule has 2 N–H and O–H groups in total. The monoisotopic (exact) mass is 374 g/mol. The van der Waals surface area contributed by atoms with Gasteiger partial charge in [0.1, 0.15) is 0 Å². The zero-order chi connectivity index (χ0) is 21.1. The van der Waals surface area contributed by atoms with Gasteiger partial charge in [-0.1, -0.05) is 13.2 Å². The van der Waals surface area contributed by atoms with Crippen LogP contribution in [0.15, 0.2) is 24.3 Å². The normalized spacial score (nSPS) is 8.62. The Labute approximate surface area is 154 Å². The van der Waals surface area contributed by atoms with E-state index in [1.165, 1.54) is 0 Å². The van der Waals surface area contributed by atoms with Gasteiger partial charge in [-0.3, -0.25) is 9.59 Å². The molecule has 0 spiro atoms. The van der Waals surface area contributed by atoms with E-state index in [4.69, 9.17) is 10.2 Å². The second-order valence-electron chi connectivity index (χ2n) is 5.00. The molecule has 0 aliphatic carbocycles. The summed E-state index contributed by atoms with van der Waals surface area (Å²) in [6.07, 6.45) is 1.02. The van der Waals surface area contributed by atoms with Crippen molar-refractivity contribution in [2.45, 2.75) is 53.4 Å². The van der Waals surface area contributed by atoms with Crippen molar-refractivity contribution in [1.29, 1.82) is 0 Å². The van der Waals surface area contributed by atoms with Crippen LogP contribution in [-0.4, -0.2) is 47.3 Å². The molecule has 150 valence electrons. The molecular formula is C18H30O8. The van der Waals surface area contributed by atoms with Crippen molar-refractivity contribution < 1.29 is 38.9 Å². The fourth-order valence-electron chi connectivity index (χ4n) is 1.06. The molecule has 0 unspecified atom stereocenters. The number of hydrogen-bond acceptors (Lipinski definition) is 6. The molecule has 0 aromatic heterocycles. The highest BCUT2D eigenvalue weighted by Gasteiger charge is 1.99. The van der Waals surface area contributed by atoms with Gasteiger partial charge in [-0.15, -0.1) is 0 Å². The standard InChI is InChI=1S/C6H10O4.2C6H10O2/c7-5(8)3-1-2-4-6(9)10;2*1-4-8-6(7)5(2)3/h1-4H2,(H,7,8)(H,9,10);2*2,4H2,1,3H3.